The Morgan fingerprint density at radius 2 is 1.82 bits per heavy atom. The minimum absolute atomic E-state index is 0.0515. The molecule has 3 aromatic rings. The van der Waals surface area contributed by atoms with Gasteiger partial charge in [-0.1, -0.05) is 19.1 Å². The largest absolute Gasteiger partial charge is 0.484 e. The third-order valence-corrected chi connectivity index (χ3v) is 5.34. The Bertz CT molecular complexity index is 1130. The van der Waals surface area contributed by atoms with E-state index in [2.05, 4.69) is 0 Å². The lowest BCUT2D eigenvalue weighted by Crippen LogP contribution is -2.22. The van der Waals surface area contributed by atoms with E-state index in [0.717, 1.165) is 27.8 Å². The number of nitrogens with zero attached hydrogens (tertiary/aromatic N) is 1. The molecule has 28 heavy (non-hydrogen) atoms. The Balaban J connectivity index is 1.87. The van der Waals surface area contributed by atoms with E-state index in [-0.39, 0.29) is 17.5 Å². The Labute approximate surface area is 163 Å². The highest BCUT2D eigenvalue weighted by Gasteiger charge is 2.32. The van der Waals surface area contributed by atoms with Crippen molar-refractivity contribution in [2.45, 2.75) is 32.8 Å². The number of carbonyl (C=O) groups is 1. The van der Waals surface area contributed by atoms with Crippen LogP contribution in [0.5, 0.6) is 5.75 Å². The highest BCUT2D eigenvalue weighted by molar-refractivity contribution is 6.07. The molecule has 0 spiro atoms. The molecule has 1 atom stereocenters. The van der Waals surface area contributed by atoms with Crippen molar-refractivity contribution in [1.82, 2.24) is 0 Å². The third-order valence-electron chi connectivity index (χ3n) is 5.34. The molecule has 0 fully saturated rings. The van der Waals surface area contributed by atoms with E-state index in [1.807, 2.05) is 57.1 Å². The number of ether oxygens (including phenoxy) is 1. The second-order valence-corrected chi connectivity index (χ2v) is 7.43. The molecule has 0 saturated carbocycles. The van der Waals surface area contributed by atoms with Crippen LogP contribution < -0.4 is 15.3 Å². The fraction of sp³-hybridized carbons (Fsp3) is 0.304. The molecular formula is C23H23NO4. The number of anilines is 1. The van der Waals surface area contributed by atoms with E-state index in [0.29, 0.717) is 29.7 Å². The quantitative estimate of drug-likeness (QED) is 0.632. The predicted molar refractivity (Wildman–Crippen MR) is 110 cm³/mol. The first kappa shape index (κ1) is 18.3. The molecule has 0 saturated heterocycles. The van der Waals surface area contributed by atoms with Gasteiger partial charge < -0.3 is 14.1 Å². The summed E-state index contributed by atoms with van der Waals surface area (Å²) >= 11 is 0. The van der Waals surface area contributed by atoms with E-state index >= 15 is 0 Å². The van der Waals surface area contributed by atoms with Crippen molar-refractivity contribution in [1.29, 1.82) is 0 Å². The summed E-state index contributed by atoms with van der Waals surface area (Å²) < 4.78 is 11.8. The zero-order valence-electron chi connectivity index (χ0n) is 16.5. The Hall–Kier alpha value is -3.08. The molecule has 0 bridgehead atoms. The van der Waals surface area contributed by atoms with Crippen molar-refractivity contribution in [3.05, 3.63) is 69.1 Å². The fourth-order valence-corrected chi connectivity index (χ4v) is 3.86. The van der Waals surface area contributed by atoms with E-state index in [4.69, 9.17) is 9.15 Å². The minimum atomic E-state index is -0.387. The number of hydrogen-bond donors (Lipinski definition) is 0. The molecule has 1 aliphatic heterocycles. The molecule has 0 radical (unpaired) electrons. The van der Waals surface area contributed by atoms with Crippen LogP contribution in [-0.2, 0) is 6.42 Å². The van der Waals surface area contributed by atoms with Crippen molar-refractivity contribution in [3.8, 4) is 5.75 Å². The van der Waals surface area contributed by atoms with Gasteiger partial charge in [-0.3, -0.25) is 4.79 Å². The molecule has 2 aromatic carbocycles. The molecule has 1 unspecified atom stereocenters. The lowest BCUT2D eigenvalue weighted by Gasteiger charge is -2.28. The van der Waals surface area contributed by atoms with Crippen molar-refractivity contribution in [2.75, 3.05) is 19.0 Å². The summed E-state index contributed by atoms with van der Waals surface area (Å²) in [6.45, 7) is 3.83. The minimum Gasteiger partial charge on any atom is -0.484 e. The predicted octanol–water partition coefficient (Wildman–Crippen LogP) is 4.44. The number of aryl methyl sites for hydroxylation is 2. The van der Waals surface area contributed by atoms with Crippen LogP contribution in [0.25, 0.3) is 11.0 Å². The lowest BCUT2D eigenvalue weighted by atomic mass is 9.90. The topological polar surface area (TPSA) is 59.8 Å². The number of carbonyl (C=O) groups excluding carboxylic acids is 1. The van der Waals surface area contributed by atoms with Crippen LogP contribution in [0.3, 0.4) is 0 Å². The number of benzene rings is 2. The SMILES string of the molecule is CCc1cc(=O)oc2cc(C)c3c(c12)OC(c1ccc(N(C)C)cc1)CC3=O. The average Bonchev–Trinajstić information content (AvgIpc) is 2.66. The van der Waals surface area contributed by atoms with E-state index in [9.17, 15) is 9.59 Å². The number of ketones is 1. The molecule has 0 amide bonds. The zero-order valence-corrected chi connectivity index (χ0v) is 16.5. The average molecular weight is 377 g/mol. The molecule has 0 aliphatic carbocycles. The van der Waals surface area contributed by atoms with Crippen LogP contribution in [0.1, 0.15) is 46.5 Å². The molecule has 5 heteroatoms. The van der Waals surface area contributed by atoms with Crippen LogP contribution in [-0.4, -0.2) is 19.9 Å². The van der Waals surface area contributed by atoms with Crippen molar-refractivity contribution < 1.29 is 13.9 Å². The first-order valence-electron chi connectivity index (χ1n) is 9.46. The molecule has 144 valence electrons. The highest BCUT2D eigenvalue weighted by Crippen LogP contribution is 2.42. The van der Waals surface area contributed by atoms with Crippen LogP contribution >= 0.6 is 0 Å². The zero-order chi connectivity index (χ0) is 20.0. The summed E-state index contributed by atoms with van der Waals surface area (Å²) in [6.07, 6.45) is 0.578. The van der Waals surface area contributed by atoms with E-state index < -0.39 is 0 Å². The number of hydrogen-bond acceptors (Lipinski definition) is 5. The summed E-state index contributed by atoms with van der Waals surface area (Å²) in [6, 6.07) is 11.3. The molecule has 1 aliphatic rings. The molecule has 5 nitrogen and oxygen atoms in total. The van der Waals surface area contributed by atoms with Gasteiger partial charge in [-0.2, -0.15) is 0 Å². The van der Waals surface area contributed by atoms with E-state index in [1.54, 1.807) is 6.07 Å². The smallest absolute Gasteiger partial charge is 0.336 e. The molecule has 4 rings (SSSR count). The van der Waals surface area contributed by atoms with Gasteiger partial charge in [0, 0.05) is 25.8 Å². The third kappa shape index (κ3) is 2.97. The highest BCUT2D eigenvalue weighted by atomic mass is 16.5. The molecule has 0 N–H and O–H groups in total. The first-order chi connectivity index (χ1) is 13.4. The van der Waals surface area contributed by atoms with Gasteiger partial charge in [-0.15, -0.1) is 0 Å². The second-order valence-electron chi connectivity index (χ2n) is 7.43. The van der Waals surface area contributed by atoms with Gasteiger partial charge in [-0.05, 0) is 48.2 Å². The summed E-state index contributed by atoms with van der Waals surface area (Å²) in [5.41, 5.74) is 4.32. The summed E-state index contributed by atoms with van der Waals surface area (Å²) in [7, 11) is 3.97. The van der Waals surface area contributed by atoms with Crippen molar-refractivity contribution in [3.63, 3.8) is 0 Å². The van der Waals surface area contributed by atoms with Gasteiger partial charge in [0.15, 0.2) is 5.78 Å². The number of fused-ring (bicyclic) bond motifs is 3. The van der Waals surface area contributed by atoms with Crippen LogP contribution in [0.2, 0.25) is 0 Å². The molecule has 1 aromatic heterocycles. The van der Waals surface area contributed by atoms with Crippen molar-refractivity contribution in [2.24, 2.45) is 0 Å². The van der Waals surface area contributed by atoms with Crippen molar-refractivity contribution >= 4 is 22.4 Å². The van der Waals surface area contributed by atoms with Crippen LogP contribution in [0.4, 0.5) is 5.69 Å². The fourth-order valence-electron chi connectivity index (χ4n) is 3.86. The molecule has 2 heterocycles. The summed E-state index contributed by atoms with van der Waals surface area (Å²) in [5, 5.41) is 0.727. The second kappa shape index (κ2) is 6.82. The number of Topliss-reactive ketones (excluding diaryl/α,β-unsaturated/α-hetero) is 1. The van der Waals surface area contributed by atoms with Crippen LogP contribution in [0.15, 0.2) is 45.6 Å². The van der Waals surface area contributed by atoms with Gasteiger partial charge in [0.05, 0.1) is 17.4 Å². The summed E-state index contributed by atoms with van der Waals surface area (Å²) in [5.74, 6) is 0.587. The first-order valence-corrected chi connectivity index (χ1v) is 9.46. The molecular weight excluding hydrogens is 354 g/mol. The van der Waals surface area contributed by atoms with Gasteiger partial charge in [0.25, 0.3) is 0 Å². The van der Waals surface area contributed by atoms with Gasteiger partial charge in [-0.25, -0.2) is 4.79 Å². The van der Waals surface area contributed by atoms with Crippen LogP contribution in [0, 0.1) is 6.92 Å². The summed E-state index contributed by atoms with van der Waals surface area (Å²) in [4.78, 5) is 26.9. The van der Waals surface area contributed by atoms with Gasteiger partial charge in [0.2, 0.25) is 0 Å². The Morgan fingerprint density at radius 1 is 1.11 bits per heavy atom. The Kier molecular flexibility index (Phi) is 4.46. The van der Waals surface area contributed by atoms with Gasteiger partial charge >= 0.3 is 5.63 Å². The number of rotatable bonds is 3. The maximum Gasteiger partial charge on any atom is 0.336 e. The van der Waals surface area contributed by atoms with Gasteiger partial charge in [0.1, 0.15) is 17.4 Å². The Morgan fingerprint density at radius 3 is 2.46 bits per heavy atom. The lowest BCUT2D eigenvalue weighted by molar-refractivity contribution is 0.0852. The normalized spacial score (nSPS) is 16.0. The van der Waals surface area contributed by atoms with E-state index in [1.165, 1.54) is 6.07 Å². The standard InChI is InChI=1S/C23H23NO4/c1-5-14-11-20(26)27-19-10-13(2)21-17(25)12-18(28-23(21)22(14)19)15-6-8-16(9-7-15)24(3)4/h6-11,18H,5,12H2,1-4H3. The maximum atomic E-state index is 13.0. The monoisotopic (exact) mass is 377 g/mol. The maximum absolute atomic E-state index is 13.0.